The zero-order valence-corrected chi connectivity index (χ0v) is 15.1. The zero-order chi connectivity index (χ0) is 19.3. The molecule has 2 amide bonds. The quantitative estimate of drug-likeness (QED) is 0.617. The first-order valence-electron chi connectivity index (χ1n) is 8.45. The van der Waals surface area contributed by atoms with E-state index in [-0.39, 0.29) is 5.82 Å². The second kappa shape index (κ2) is 5.77. The molecule has 0 atom stereocenters. The van der Waals surface area contributed by atoms with E-state index in [2.05, 4.69) is 4.98 Å². The summed E-state index contributed by atoms with van der Waals surface area (Å²) in [4.78, 5) is 43.2. The molecule has 7 heteroatoms. The smallest absolute Gasteiger partial charge is 0.420 e. The predicted octanol–water partition coefficient (Wildman–Crippen LogP) is 3.62. The van der Waals surface area contributed by atoms with Crippen LogP contribution in [-0.4, -0.2) is 33.1 Å². The van der Waals surface area contributed by atoms with Crippen molar-refractivity contribution < 1.29 is 19.1 Å². The van der Waals surface area contributed by atoms with Gasteiger partial charge in [0.15, 0.2) is 5.65 Å². The van der Waals surface area contributed by atoms with Crippen molar-refractivity contribution in [1.82, 2.24) is 9.55 Å². The maximum absolute atomic E-state index is 12.7. The van der Waals surface area contributed by atoms with Crippen LogP contribution in [0.25, 0.3) is 11.0 Å². The van der Waals surface area contributed by atoms with Crippen LogP contribution in [0, 0.1) is 0 Å². The van der Waals surface area contributed by atoms with Gasteiger partial charge in [-0.1, -0.05) is 12.1 Å². The summed E-state index contributed by atoms with van der Waals surface area (Å²) in [6.07, 6.45) is 0.974. The molecular formula is C20H17N3O4. The lowest BCUT2D eigenvalue weighted by atomic mass is 10.1. The van der Waals surface area contributed by atoms with Gasteiger partial charge in [-0.3, -0.25) is 9.59 Å². The Morgan fingerprint density at radius 2 is 1.59 bits per heavy atom. The molecule has 0 spiro atoms. The van der Waals surface area contributed by atoms with Crippen LogP contribution in [0.2, 0.25) is 0 Å². The molecule has 0 saturated heterocycles. The lowest BCUT2D eigenvalue weighted by Gasteiger charge is -2.19. The topological polar surface area (TPSA) is 81.5 Å². The van der Waals surface area contributed by atoms with Gasteiger partial charge in [0.05, 0.1) is 11.1 Å². The number of carbonyl (C=O) groups excluding carboxylic acids is 3. The van der Waals surface area contributed by atoms with E-state index >= 15 is 0 Å². The lowest BCUT2D eigenvalue weighted by molar-refractivity contribution is 0.0543. The second-order valence-electron chi connectivity index (χ2n) is 7.24. The third kappa shape index (κ3) is 2.77. The number of ether oxygens (including phenoxy) is 1. The van der Waals surface area contributed by atoms with E-state index in [9.17, 15) is 14.4 Å². The van der Waals surface area contributed by atoms with E-state index in [0.29, 0.717) is 22.2 Å². The van der Waals surface area contributed by atoms with E-state index in [4.69, 9.17) is 4.74 Å². The zero-order valence-electron chi connectivity index (χ0n) is 15.1. The first-order valence-corrected chi connectivity index (χ1v) is 8.45. The van der Waals surface area contributed by atoms with Gasteiger partial charge >= 0.3 is 6.09 Å². The van der Waals surface area contributed by atoms with Crippen LogP contribution in [0.3, 0.4) is 0 Å². The van der Waals surface area contributed by atoms with Crippen LogP contribution in [0.15, 0.2) is 48.7 Å². The molecule has 3 aromatic rings. The molecule has 0 unspecified atom stereocenters. The first-order chi connectivity index (χ1) is 12.8. The fourth-order valence-corrected chi connectivity index (χ4v) is 2.98. The molecule has 0 bridgehead atoms. The Morgan fingerprint density at radius 1 is 0.963 bits per heavy atom. The molecule has 0 N–H and O–H groups in total. The summed E-state index contributed by atoms with van der Waals surface area (Å²) in [7, 11) is 0. The van der Waals surface area contributed by atoms with Crippen molar-refractivity contribution in [3.05, 3.63) is 59.8 Å². The summed E-state index contributed by atoms with van der Waals surface area (Å²) in [6, 6.07) is 11.6. The highest BCUT2D eigenvalue weighted by Crippen LogP contribution is 2.28. The van der Waals surface area contributed by atoms with Gasteiger partial charge in [0, 0.05) is 11.6 Å². The summed E-state index contributed by atoms with van der Waals surface area (Å²) in [5.41, 5.74) is 0.338. The lowest BCUT2D eigenvalue weighted by Crippen LogP contribution is -2.30. The molecular weight excluding hydrogens is 346 g/mol. The molecule has 136 valence electrons. The number of rotatable bonds is 1. The predicted molar refractivity (Wildman–Crippen MR) is 98.9 cm³/mol. The molecule has 0 saturated carbocycles. The van der Waals surface area contributed by atoms with Gasteiger partial charge in [0.2, 0.25) is 0 Å². The normalized spacial score (nSPS) is 14.0. The van der Waals surface area contributed by atoms with Crippen molar-refractivity contribution in [1.29, 1.82) is 0 Å². The Bertz CT molecular complexity index is 1070. The molecule has 4 rings (SSSR count). The van der Waals surface area contributed by atoms with Crippen molar-refractivity contribution in [2.24, 2.45) is 0 Å². The monoisotopic (exact) mass is 363 g/mol. The van der Waals surface area contributed by atoms with E-state index in [0.717, 1.165) is 4.90 Å². The van der Waals surface area contributed by atoms with Gasteiger partial charge in [-0.2, -0.15) is 0 Å². The number of pyridine rings is 1. The number of hydrogen-bond acceptors (Lipinski definition) is 5. The summed E-state index contributed by atoms with van der Waals surface area (Å²) in [5, 5.41) is 0.696. The SMILES string of the molecule is CC(C)(C)OC(=O)n1ccc2ccc(N3C(=O)c4ccccc4C3=O)nc21. The van der Waals surface area contributed by atoms with Crippen molar-refractivity contribution in [3.8, 4) is 0 Å². The number of carbonyl (C=O) groups is 3. The standard InChI is InChI=1S/C20H17N3O4/c1-20(2,3)27-19(26)22-11-10-12-8-9-15(21-16(12)22)23-17(24)13-6-4-5-7-14(13)18(23)25/h4-11H,1-3H3. The summed E-state index contributed by atoms with van der Waals surface area (Å²) in [5.74, 6) is -0.701. The van der Waals surface area contributed by atoms with Crippen LogP contribution < -0.4 is 4.90 Å². The van der Waals surface area contributed by atoms with Gasteiger partial charge < -0.3 is 4.74 Å². The van der Waals surface area contributed by atoms with E-state index < -0.39 is 23.5 Å². The average Bonchev–Trinajstić information content (AvgIpc) is 3.13. The number of benzene rings is 1. The Balaban J connectivity index is 1.77. The molecule has 0 fully saturated rings. The van der Waals surface area contributed by atoms with Crippen LogP contribution in [0.5, 0.6) is 0 Å². The number of anilines is 1. The molecule has 1 aliphatic heterocycles. The molecule has 2 aromatic heterocycles. The fraction of sp³-hybridized carbons (Fsp3) is 0.200. The van der Waals surface area contributed by atoms with E-state index in [1.807, 2.05) is 0 Å². The highest BCUT2D eigenvalue weighted by molar-refractivity contribution is 6.34. The Labute approximate surface area is 155 Å². The minimum atomic E-state index is -0.659. The molecule has 3 heterocycles. The Morgan fingerprint density at radius 3 is 2.19 bits per heavy atom. The maximum atomic E-state index is 12.7. The number of amides is 2. The minimum absolute atomic E-state index is 0.164. The number of aromatic nitrogens is 2. The molecule has 0 radical (unpaired) electrons. The highest BCUT2D eigenvalue weighted by Gasteiger charge is 2.37. The van der Waals surface area contributed by atoms with Crippen molar-refractivity contribution in [2.45, 2.75) is 26.4 Å². The van der Waals surface area contributed by atoms with Crippen molar-refractivity contribution in [2.75, 3.05) is 4.90 Å². The molecule has 7 nitrogen and oxygen atoms in total. The van der Waals surface area contributed by atoms with Crippen molar-refractivity contribution >= 4 is 34.8 Å². The first kappa shape index (κ1) is 17.0. The largest absolute Gasteiger partial charge is 0.443 e. The highest BCUT2D eigenvalue weighted by atomic mass is 16.6. The number of fused-ring (bicyclic) bond motifs is 2. The number of hydrogen-bond donors (Lipinski definition) is 0. The van der Waals surface area contributed by atoms with Crippen LogP contribution in [0.4, 0.5) is 10.6 Å². The van der Waals surface area contributed by atoms with E-state index in [1.165, 1.54) is 4.57 Å². The molecule has 1 aromatic carbocycles. The number of nitrogens with zero attached hydrogens (tertiary/aromatic N) is 3. The second-order valence-corrected chi connectivity index (χ2v) is 7.24. The van der Waals surface area contributed by atoms with Crippen LogP contribution in [0.1, 0.15) is 41.5 Å². The minimum Gasteiger partial charge on any atom is -0.443 e. The van der Waals surface area contributed by atoms with E-state index in [1.54, 1.807) is 69.4 Å². The molecule has 27 heavy (non-hydrogen) atoms. The van der Waals surface area contributed by atoms with Crippen molar-refractivity contribution in [3.63, 3.8) is 0 Å². The van der Waals surface area contributed by atoms with Crippen LogP contribution in [-0.2, 0) is 4.74 Å². The average molecular weight is 363 g/mol. The summed E-state index contributed by atoms with van der Waals surface area (Å²) in [6.45, 7) is 5.32. The molecule has 0 aliphatic carbocycles. The van der Waals surface area contributed by atoms with Gasteiger partial charge in [0.1, 0.15) is 11.4 Å². The fourth-order valence-electron chi connectivity index (χ4n) is 2.98. The third-order valence-electron chi connectivity index (χ3n) is 4.14. The van der Waals surface area contributed by atoms with Gasteiger partial charge in [-0.15, -0.1) is 0 Å². The number of imide groups is 1. The molecule has 1 aliphatic rings. The summed E-state index contributed by atoms with van der Waals surface area (Å²) < 4.78 is 6.65. The maximum Gasteiger partial charge on any atom is 0.420 e. The Kier molecular flexibility index (Phi) is 3.62. The van der Waals surface area contributed by atoms with Gasteiger partial charge in [0.25, 0.3) is 11.8 Å². The van der Waals surface area contributed by atoms with Gasteiger partial charge in [-0.05, 0) is 51.1 Å². The summed E-state index contributed by atoms with van der Waals surface area (Å²) >= 11 is 0. The van der Waals surface area contributed by atoms with Gasteiger partial charge in [-0.25, -0.2) is 19.2 Å². The Hall–Kier alpha value is -3.48. The third-order valence-corrected chi connectivity index (χ3v) is 4.14. The van der Waals surface area contributed by atoms with Crippen LogP contribution >= 0.6 is 0 Å².